The summed E-state index contributed by atoms with van der Waals surface area (Å²) < 4.78 is 0. The van der Waals surface area contributed by atoms with Crippen LogP contribution >= 0.6 is 0 Å². The van der Waals surface area contributed by atoms with Crippen molar-refractivity contribution >= 4 is 16.9 Å². The third-order valence-electron chi connectivity index (χ3n) is 2.62. The number of aromatic nitrogens is 2. The number of aliphatic hydroxyl groups excluding tert-OH is 1. The largest absolute Gasteiger partial charge is 0.389 e. The maximum atomic E-state index is 9.20. The zero-order valence-corrected chi connectivity index (χ0v) is 8.17. The van der Waals surface area contributed by atoms with Crippen molar-refractivity contribution in [2.45, 2.75) is 6.10 Å². The van der Waals surface area contributed by atoms with Gasteiger partial charge in [0, 0.05) is 13.1 Å². The number of benzene rings is 1. The van der Waals surface area contributed by atoms with Gasteiger partial charge in [0.1, 0.15) is 5.82 Å². The van der Waals surface area contributed by atoms with Crippen LogP contribution in [0.3, 0.4) is 0 Å². The van der Waals surface area contributed by atoms with Crippen LogP contribution in [-0.4, -0.2) is 34.3 Å². The Balaban J connectivity index is 1.99. The second-order valence-corrected chi connectivity index (χ2v) is 3.78. The fraction of sp³-hybridized carbons (Fsp3) is 0.273. The Kier molecular flexibility index (Phi) is 1.82. The second-order valence-electron chi connectivity index (χ2n) is 3.78. The molecule has 1 N–H and O–H groups in total. The highest BCUT2D eigenvalue weighted by molar-refractivity contribution is 5.75. The maximum absolute atomic E-state index is 9.20. The summed E-state index contributed by atoms with van der Waals surface area (Å²) in [6, 6.07) is 7.79. The third-order valence-corrected chi connectivity index (χ3v) is 2.62. The molecule has 3 rings (SSSR count). The molecule has 1 aromatic carbocycles. The second kappa shape index (κ2) is 3.17. The van der Waals surface area contributed by atoms with E-state index >= 15 is 0 Å². The molecule has 0 aliphatic carbocycles. The molecule has 1 aliphatic rings. The SMILES string of the molecule is OC1CN(c2cnc3ccccc3n2)C1. The fourth-order valence-electron chi connectivity index (χ4n) is 1.74. The van der Waals surface area contributed by atoms with Crippen molar-refractivity contribution in [3.05, 3.63) is 30.5 Å². The van der Waals surface area contributed by atoms with Crippen LogP contribution in [0.25, 0.3) is 11.0 Å². The molecule has 1 saturated heterocycles. The van der Waals surface area contributed by atoms with E-state index in [1.807, 2.05) is 29.2 Å². The topological polar surface area (TPSA) is 49.2 Å². The van der Waals surface area contributed by atoms with Gasteiger partial charge in [-0.05, 0) is 12.1 Å². The molecule has 76 valence electrons. The molecule has 1 aliphatic heterocycles. The summed E-state index contributed by atoms with van der Waals surface area (Å²) in [5.74, 6) is 0.846. The van der Waals surface area contributed by atoms with Gasteiger partial charge in [-0.3, -0.25) is 4.98 Å². The number of para-hydroxylation sites is 2. The third kappa shape index (κ3) is 1.43. The Hall–Kier alpha value is -1.68. The molecular formula is C11H11N3O. The average Bonchev–Trinajstić information content (AvgIpc) is 2.24. The summed E-state index contributed by atoms with van der Waals surface area (Å²) in [5, 5.41) is 9.20. The fourth-order valence-corrected chi connectivity index (χ4v) is 1.74. The lowest BCUT2D eigenvalue weighted by Gasteiger charge is -2.36. The van der Waals surface area contributed by atoms with E-state index < -0.39 is 0 Å². The highest BCUT2D eigenvalue weighted by Gasteiger charge is 2.25. The molecule has 2 heterocycles. The van der Waals surface area contributed by atoms with Gasteiger partial charge in [-0.1, -0.05) is 12.1 Å². The summed E-state index contributed by atoms with van der Waals surface area (Å²) in [6.45, 7) is 1.32. The summed E-state index contributed by atoms with van der Waals surface area (Å²) in [7, 11) is 0. The van der Waals surface area contributed by atoms with Gasteiger partial charge in [0.05, 0.1) is 23.3 Å². The van der Waals surface area contributed by atoms with Gasteiger partial charge in [0.2, 0.25) is 0 Å². The van der Waals surface area contributed by atoms with Gasteiger partial charge in [-0.2, -0.15) is 0 Å². The first-order chi connectivity index (χ1) is 7.33. The predicted molar refractivity (Wildman–Crippen MR) is 57.8 cm³/mol. The maximum Gasteiger partial charge on any atom is 0.148 e. The van der Waals surface area contributed by atoms with Crippen LogP contribution in [0.1, 0.15) is 0 Å². The minimum absolute atomic E-state index is 0.210. The van der Waals surface area contributed by atoms with Gasteiger partial charge in [-0.25, -0.2) is 4.98 Å². The van der Waals surface area contributed by atoms with Crippen LogP contribution in [0.4, 0.5) is 5.82 Å². The van der Waals surface area contributed by atoms with Crippen molar-refractivity contribution in [2.75, 3.05) is 18.0 Å². The van der Waals surface area contributed by atoms with Crippen LogP contribution < -0.4 is 4.90 Å². The number of hydrogen-bond acceptors (Lipinski definition) is 4. The van der Waals surface area contributed by atoms with Gasteiger partial charge in [0.15, 0.2) is 0 Å². The molecule has 4 nitrogen and oxygen atoms in total. The van der Waals surface area contributed by atoms with Crippen molar-refractivity contribution in [1.82, 2.24) is 9.97 Å². The Bertz CT molecular complexity index is 494. The zero-order chi connectivity index (χ0) is 10.3. The summed E-state index contributed by atoms with van der Waals surface area (Å²) in [6.07, 6.45) is 1.55. The smallest absolute Gasteiger partial charge is 0.148 e. The number of hydrogen-bond donors (Lipinski definition) is 1. The van der Waals surface area contributed by atoms with Gasteiger partial charge >= 0.3 is 0 Å². The van der Waals surface area contributed by atoms with Crippen LogP contribution in [0.2, 0.25) is 0 Å². The molecule has 0 amide bonds. The van der Waals surface area contributed by atoms with Crippen molar-refractivity contribution in [3.8, 4) is 0 Å². The Morgan fingerprint density at radius 2 is 1.93 bits per heavy atom. The first-order valence-electron chi connectivity index (χ1n) is 4.98. The number of anilines is 1. The zero-order valence-electron chi connectivity index (χ0n) is 8.17. The van der Waals surface area contributed by atoms with E-state index in [0.717, 1.165) is 16.9 Å². The monoisotopic (exact) mass is 201 g/mol. The number of nitrogens with zero attached hydrogens (tertiary/aromatic N) is 3. The van der Waals surface area contributed by atoms with E-state index in [9.17, 15) is 5.11 Å². The predicted octanol–water partition coefficient (Wildman–Crippen LogP) is 0.811. The quantitative estimate of drug-likeness (QED) is 0.741. The minimum Gasteiger partial charge on any atom is -0.389 e. The van der Waals surface area contributed by atoms with E-state index in [1.54, 1.807) is 6.20 Å². The first kappa shape index (κ1) is 8.61. The van der Waals surface area contributed by atoms with E-state index in [4.69, 9.17) is 0 Å². The van der Waals surface area contributed by atoms with E-state index in [1.165, 1.54) is 0 Å². The molecule has 0 spiro atoms. The Labute approximate surface area is 87.2 Å². The van der Waals surface area contributed by atoms with Crippen molar-refractivity contribution in [3.63, 3.8) is 0 Å². The van der Waals surface area contributed by atoms with E-state index in [-0.39, 0.29) is 6.10 Å². The number of fused-ring (bicyclic) bond motifs is 1. The van der Waals surface area contributed by atoms with Crippen LogP contribution in [0.5, 0.6) is 0 Å². The van der Waals surface area contributed by atoms with Gasteiger partial charge in [-0.15, -0.1) is 0 Å². The number of β-amino-alcohol motifs (C(OH)–C–C–N with tert-alkyl or cyclic N) is 1. The molecular weight excluding hydrogens is 190 g/mol. The highest BCUT2D eigenvalue weighted by atomic mass is 16.3. The molecule has 1 aromatic heterocycles. The highest BCUT2D eigenvalue weighted by Crippen LogP contribution is 2.19. The molecule has 1 fully saturated rings. The molecule has 0 bridgehead atoms. The normalized spacial score (nSPS) is 16.7. The van der Waals surface area contributed by atoms with Crippen LogP contribution in [0.15, 0.2) is 30.5 Å². The van der Waals surface area contributed by atoms with Gasteiger partial charge in [0.25, 0.3) is 0 Å². The summed E-state index contributed by atoms with van der Waals surface area (Å²) >= 11 is 0. The molecule has 15 heavy (non-hydrogen) atoms. The molecule has 0 saturated carbocycles. The molecule has 0 atom stereocenters. The van der Waals surface area contributed by atoms with Crippen molar-refractivity contribution < 1.29 is 5.11 Å². The van der Waals surface area contributed by atoms with Crippen molar-refractivity contribution in [2.24, 2.45) is 0 Å². The standard InChI is InChI=1S/C11H11N3O/c15-8-6-14(7-8)11-5-12-9-3-1-2-4-10(9)13-11/h1-5,8,15H,6-7H2. The number of aliphatic hydroxyl groups is 1. The van der Waals surface area contributed by atoms with Gasteiger partial charge < -0.3 is 10.0 Å². The summed E-state index contributed by atoms with van der Waals surface area (Å²) in [4.78, 5) is 10.8. The Morgan fingerprint density at radius 1 is 1.20 bits per heavy atom. The summed E-state index contributed by atoms with van der Waals surface area (Å²) in [5.41, 5.74) is 1.80. The lowest BCUT2D eigenvalue weighted by Crippen LogP contribution is -2.51. The molecule has 0 radical (unpaired) electrons. The minimum atomic E-state index is -0.210. The Morgan fingerprint density at radius 3 is 2.67 bits per heavy atom. The lowest BCUT2D eigenvalue weighted by molar-refractivity contribution is 0.141. The number of rotatable bonds is 1. The average molecular weight is 201 g/mol. The van der Waals surface area contributed by atoms with E-state index in [0.29, 0.717) is 13.1 Å². The van der Waals surface area contributed by atoms with E-state index in [2.05, 4.69) is 9.97 Å². The molecule has 0 unspecified atom stereocenters. The van der Waals surface area contributed by atoms with Crippen LogP contribution in [-0.2, 0) is 0 Å². The molecule has 4 heteroatoms. The van der Waals surface area contributed by atoms with Crippen LogP contribution in [0, 0.1) is 0 Å². The van der Waals surface area contributed by atoms with Crippen molar-refractivity contribution in [1.29, 1.82) is 0 Å². The lowest BCUT2D eigenvalue weighted by atomic mass is 10.2. The molecule has 2 aromatic rings. The first-order valence-corrected chi connectivity index (χ1v) is 4.98.